The van der Waals surface area contributed by atoms with E-state index in [9.17, 15) is 0 Å². The van der Waals surface area contributed by atoms with Gasteiger partial charge in [0.1, 0.15) is 0 Å². The molecule has 2 heterocycles. The molecule has 3 fully saturated rings. The Balaban J connectivity index is 0.000000461. The SMILES string of the molecule is CC.CC(C)CCC12CC(C1)N(C)C2. The van der Waals surface area contributed by atoms with Gasteiger partial charge in [-0.2, -0.15) is 0 Å². The van der Waals surface area contributed by atoms with Crippen molar-refractivity contribution in [1.29, 1.82) is 0 Å². The van der Waals surface area contributed by atoms with Crippen LogP contribution in [0.2, 0.25) is 0 Å². The van der Waals surface area contributed by atoms with Crippen LogP contribution in [0.1, 0.15) is 53.4 Å². The number of hydrogen-bond donors (Lipinski definition) is 0. The first kappa shape index (κ1) is 12.0. The van der Waals surface area contributed by atoms with Gasteiger partial charge in [-0.1, -0.05) is 34.1 Å². The lowest BCUT2D eigenvalue weighted by molar-refractivity contribution is 0.160. The first-order valence-corrected chi connectivity index (χ1v) is 6.32. The van der Waals surface area contributed by atoms with E-state index in [0.717, 1.165) is 17.4 Å². The molecule has 3 aliphatic rings. The molecule has 0 aromatic heterocycles. The van der Waals surface area contributed by atoms with Gasteiger partial charge in [-0.15, -0.1) is 0 Å². The molecule has 2 bridgehead atoms. The lowest BCUT2D eigenvalue weighted by Gasteiger charge is -2.37. The molecule has 84 valence electrons. The van der Waals surface area contributed by atoms with Crippen molar-refractivity contribution < 1.29 is 0 Å². The molecule has 0 spiro atoms. The van der Waals surface area contributed by atoms with Crippen LogP contribution < -0.4 is 0 Å². The molecule has 1 saturated carbocycles. The Kier molecular flexibility index (Phi) is 4.00. The minimum atomic E-state index is 0.768. The van der Waals surface area contributed by atoms with Gasteiger partial charge in [-0.05, 0) is 37.6 Å². The molecule has 0 aromatic rings. The Bertz CT molecular complexity index is 168. The summed E-state index contributed by atoms with van der Waals surface area (Å²) in [6, 6.07) is 0.956. The predicted molar refractivity (Wildman–Crippen MR) is 63.5 cm³/mol. The number of nitrogens with zero attached hydrogens (tertiary/aromatic N) is 1. The Hall–Kier alpha value is -0.0400. The van der Waals surface area contributed by atoms with Crippen LogP contribution in [0, 0.1) is 11.3 Å². The van der Waals surface area contributed by atoms with Gasteiger partial charge in [0.2, 0.25) is 0 Å². The monoisotopic (exact) mass is 197 g/mol. The van der Waals surface area contributed by atoms with Crippen molar-refractivity contribution >= 4 is 0 Å². The van der Waals surface area contributed by atoms with Crippen LogP contribution in [-0.4, -0.2) is 24.5 Å². The molecule has 2 aliphatic heterocycles. The minimum Gasteiger partial charge on any atom is -0.303 e. The second-order valence-electron chi connectivity index (χ2n) is 5.41. The Morgan fingerprint density at radius 1 is 1.29 bits per heavy atom. The zero-order valence-electron chi connectivity index (χ0n) is 10.6. The van der Waals surface area contributed by atoms with Crippen molar-refractivity contribution in [1.82, 2.24) is 4.90 Å². The summed E-state index contributed by atoms with van der Waals surface area (Å²) >= 11 is 0. The van der Waals surface area contributed by atoms with Crippen molar-refractivity contribution in [2.75, 3.05) is 13.6 Å². The lowest BCUT2D eigenvalue weighted by atomic mass is 9.67. The average Bonchev–Trinajstić information content (AvgIpc) is 2.57. The quantitative estimate of drug-likeness (QED) is 0.669. The van der Waals surface area contributed by atoms with Crippen molar-refractivity contribution in [2.45, 2.75) is 59.4 Å². The summed E-state index contributed by atoms with van der Waals surface area (Å²) in [6.45, 7) is 10.1. The summed E-state index contributed by atoms with van der Waals surface area (Å²) in [5.41, 5.74) is 0.768. The maximum Gasteiger partial charge on any atom is 0.0104 e. The van der Waals surface area contributed by atoms with E-state index >= 15 is 0 Å². The van der Waals surface area contributed by atoms with Gasteiger partial charge in [0.15, 0.2) is 0 Å². The fourth-order valence-electron chi connectivity index (χ4n) is 2.92. The first-order valence-electron chi connectivity index (χ1n) is 6.32. The third kappa shape index (κ3) is 2.31. The lowest BCUT2D eigenvalue weighted by Crippen LogP contribution is -2.34. The smallest absolute Gasteiger partial charge is 0.0104 e. The third-order valence-electron chi connectivity index (χ3n) is 3.80. The van der Waals surface area contributed by atoms with Crippen molar-refractivity contribution in [3.8, 4) is 0 Å². The van der Waals surface area contributed by atoms with Crippen molar-refractivity contribution in [3.63, 3.8) is 0 Å². The molecule has 2 saturated heterocycles. The highest BCUT2D eigenvalue weighted by Gasteiger charge is 2.52. The summed E-state index contributed by atoms with van der Waals surface area (Å²) in [4.78, 5) is 2.56. The highest BCUT2D eigenvalue weighted by molar-refractivity contribution is 5.06. The molecule has 0 N–H and O–H groups in total. The van der Waals surface area contributed by atoms with Gasteiger partial charge in [0, 0.05) is 12.6 Å². The molecule has 3 rings (SSSR count). The van der Waals surface area contributed by atoms with Crippen LogP contribution in [0.25, 0.3) is 0 Å². The number of fused-ring (bicyclic) bond motifs is 1. The maximum atomic E-state index is 2.56. The van der Waals surface area contributed by atoms with Crippen LogP contribution in [0.3, 0.4) is 0 Å². The minimum absolute atomic E-state index is 0.768. The molecule has 0 aromatic carbocycles. The molecular weight excluding hydrogens is 170 g/mol. The number of hydrogen-bond acceptors (Lipinski definition) is 1. The fraction of sp³-hybridized carbons (Fsp3) is 1.00. The topological polar surface area (TPSA) is 3.24 Å². The van der Waals surface area contributed by atoms with E-state index in [2.05, 4.69) is 25.8 Å². The maximum absolute atomic E-state index is 2.56. The molecule has 1 aliphatic carbocycles. The standard InChI is InChI=1S/C11H21N.C2H6/c1-9(2)4-5-11-6-10(7-11)12(3)8-11;1-2/h9-10H,4-8H2,1-3H3;1-2H3. The summed E-state index contributed by atoms with van der Waals surface area (Å²) in [7, 11) is 2.29. The van der Waals surface area contributed by atoms with Gasteiger partial charge in [-0.3, -0.25) is 0 Å². The van der Waals surface area contributed by atoms with Gasteiger partial charge < -0.3 is 4.90 Å². The van der Waals surface area contributed by atoms with Crippen LogP contribution in [0.15, 0.2) is 0 Å². The summed E-state index contributed by atoms with van der Waals surface area (Å²) in [5.74, 6) is 0.893. The van der Waals surface area contributed by atoms with Crippen molar-refractivity contribution in [3.05, 3.63) is 0 Å². The van der Waals surface area contributed by atoms with Crippen LogP contribution in [0.4, 0.5) is 0 Å². The molecule has 0 radical (unpaired) electrons. The average molecular weight is 197 g/mol. The Morgan fingerprint density at radius 3 is 2.21 bits per heavy atom. The largest absolute Gasteiger partial charge is 0.303 e. The van der Waals surface area contributed by atoms with E-state index < -0.39 is 0 Å². The van der Waals surface area contributed by atoms with E-state index in [1.165, 1.54) is 32.2 Å². The number of rotatable bonds is 3. The van der Waals surface area contributed by atoms with E-state index in [1.54, 1.807) is 0 Å². The van der Waals surface area contributed by atoms with Gasteiger partial charge in [-0.25, -0.2) is 0 Å². The van der Waals surface area contributed by atoms with E-state index in [4.69, 9.17) is 0 Å². The highest BCUT2D eigenvalue weighted by Crippen LogP contribution is 2.54. The van der Waals surface area contributed by atoms with Crippen LogP contribution in [0.5, 0.6) is 0 Å². The molecule has 1 nitrogen and oxygen atoms in total. The molecule has 0 unspecified atom stereocenters. The summed E-state index contributed by atoms with van der Waals surface area (Å²) in [6.07, 6.45) is 5.90. The second-order valence-corrected chi connectivity index (χ2v) is 5.41. The molecule has 1 heteroatoms. The van der Waals surface area contributed by atoms with Crippen LogP contribution in [-0.2, 0) is 0 Å². The Morgan fingerprint density at radius 2 is 1.86 bits per heavy atom. The van der Waals surface area contributed by atoms with E-state index in [0.29, 0.717) is 0 Å². The molecule has 14 heavy (non-hydrogen) atoms. The second kappa shape index (κ2) is 4.65. The highest BCUT2D eigenvalue weighted by atomic mass is 15.2. The summed E-state index contributed by atoms with van der Waals surface area (Å²) in [5, 5.41) is 0. The summed E-state index contributed by atoms with van der Waals surface area (Å²) < 4.78 is 0. The zero-order chi connectivity index (χ0) is 10.8. The Labute approximate surface area is 89.9 Å². The van der Waals surface area contributed by atoms with Gasteiger partial charge in [0.05, 0.1) is 0 Å². The molecule has 0 atom stereocenters. The third-order valence-corrected chi connectivity index (χ3v) is 3.80. The zero-order valence-corrected chi connectivity index (χ0v) is 10.6. The van der Waals surface area contributed by atoms with Crippen molar-refractivity contribution in [2.24, 2.45) is 11.3 Å². The van der Waals surface area contributed by atoms with Crippen LogP contribution >= 0.6 is 0 Å². The predicted octanol–water partition coefficient (Wildman–Crippen LogP) is 3.54. The van der Waals surface area contributed by atoms with E-state index in [1.807, 2.05) is 13.8 Å². The van der Waals surface area contributed by atoms with Gasteiger partial charge >= 0.3 is 0 Å². The molecular formula is C13H27N. The van der Waals surface area contributed by atoms with Gasteiger partial charge in [0.25, 0.3) is 0 Å². The molecule has 0 amide bonds. The fourth-order valence-corrected chi connectivity index (χ4v) is 2.92. The first-order chi connectivity index (χ1) is 6.61. The normalized spacial score (nSPS) is 35.1. The van der Waals surface area contributed by atoms with E-state index in [-0.39, 0.29) is 0 Å².